The van der Waals surface area contributed by atoms with Gasteiger partial charge in [0.1, 0.15) is 0 Å². The Morgan fingerprint density at radius 1 is 1.26 bits per heavy atom. The lowest BCUT2D eigenvalue weighted by molar-refractivity contribution is -0.137. The van der Waals surface area contributed by atoms with Crippen LogP contribution in [0.2, 0.25) is 0 Å². The van der Waals surface area contributed by atoms with Gasteiger partial charge in [-0.25, -0.2) is 4.79 Å². The first-order valence-corrected chi connectivity index (χ1v) is 6.15. The van der Waals surface area contributed by atoms with Gasteiger partial charge in [0, 0.05) is 12.2 Å². The third-order valence-electron chi connectivity index (χ3n) is 2.51. The van der Waals surface area contributed by atoms with E-state index in [1.807, 2.05) is 6.92 Å². The van der Waals surface area contributed by atoms with Crippen LogP contribution in [-0.2, 0) is 6.18 Å². The maximum atomic E-state index is 12.5. The maximum absolute atomic E-state index is 12.5. The first kappa shape index (κ1) is 15.3. The van der Waals surface area contributed by atoms with Gasteiger partial charge in [0.15, 0.2) is 0 Å². The van der Waals surface area contributed by atoms with Crippen molar-refractivity contribution in [2.75, 3.05) is 11.9 Å². The molecule has 0 radical (unpaired) electrons. The highest BCUT2D eigenvalue weighted by atomic mass is 19.4. The quantitative estimate of drug-likeness (QED) is 0.782. The molecule has 0 fully saturated rings. The summed E-state index contributed by atoms with van der Waals surface area (Å²) in [4.78, 5) is 11.4. The number of carbonyl (C=O) groups excluding carboxylic acids is 1. The largest absolute Gasteiger partial charge is 0.416 e. The van der Waals surface area contributed by atoms with Crippen LogP contribution in [-0.4, -0.2) is 12.6 Å². The Balaban J connectivity index is 2.50. The molecule has 0 saturated carbocycles. The molecular formula is C13H17F3N2O. The second-order valence-electron chi connectivity index (χ2n) is 4.17. The Morgan fingerprint density at radius 2 is 2.00 bits per heavy atom. The molecule has 0 aliphatic carbocycles. The van der Waals surface area contributed by atoms with Crippen molar-refractivity contribution in [2.24, 2.45) is 0 Å². The first-order valence-electron chi connectivity index (χ1n) is 6.15. The summed E-state index contributed by atoms with van der Waals surface area (Å²) in [5, 5.41) is 4.97. The highest BCUT2D eigenvalue weighted by Gasteiger charge is 2.30. The molecular weight excluding hydrogens is 257 g/mol. The number of carbonyl (C=O) groups is 1. The first-order chi connectivity index (χ1) is 8.93. The van der Waals surface area contributed by atoms with E-state index in [0.717, 1.165) is 31.4 Å². The van der Waals surface area contributed by atoms with Crippen LogP contribution in [0.3, 0.4) is 0 Å². The Bertz CT molecular complexity index is 419. The van der Waals surface area contributed by atoms with E-state index < -0.39 is 17.8 Å². The van der Waals surface area contributed by atoms with Crippen LogP contribution in [0.1, 0.15) is 31.7 Å². The second kappa shape index (κ2) is 7.01. The van der Waals surface area contributed by atoms with Crippen molar-refractivity contribution in [3.05, 3.63) is 29.8 Å². The van der Waals surface area contributed by atoms with Crippen molar-refractivity contribution in [1.82, 2.24) is 5.32 Å². The van der Waals surface area contributed by atoms with Gasteiger partial charge in [-0.1, -0.05) is 25.8 Å². The van der Waals surface area contributed by atoms with Crippen molar-refractivity contribution in [1.29, 1.82) is 0 Å². The molecule has 6 heteroatoms. The van der Waals surface area contributed by atoms with E-state index in [0.29, 0.717) is 6.54 Å². The third-order valence-corrected chi connectivity index (χ3v) is 2.51. The topological polar surface area (TPSA) is 41.1 Å². The summed E-state index contributed by atoms with van der Waals surface area (Å²) < 4.78 is 37.4. The van der Waals surface area contributed by atoms with Gasteiger partial charge in [0.25, 0.3) is 0 Å². The van der Waals surface area contributed by atoms with E-state index in [4.69, 9.17) is 0 Å². The minimum atomic E-state index is -4.41. The molecule has 0 aliphatic heterocycles. The van der Waals surface area contributed by atoms with Crippen LogP contribution in [0.15, 0.2) is 24.3 Å². The Labute approximate surface area is 110 Å². The van der Waals surface area contributed by atoms with E-state index in [-0.39, 0.29) is 5.69 Å². The van der Waals surface area contributed by atoms with Crippen LogP contribution in [0.25, 0.3) is 0 Å². The molecule has 1 rings (SSSR count). The number of nitrogens with one attached hydrogen (secondary N) is 2. The fourth-order valence-corrected chi connectivity index (χ4v) is 1.53. The van der Waals surface area contributed by atoms with Gasteiger partial charge in [-0.2, -0.15) is 13.2 Å². The second-order valence-corrected chi connectivity index (χ2v) is 4.17. The van der Waals surface area contributed by atoms with Gasteiger partial charge in [-0.3, -0.25) is 0 Å². The molecule has 0 heterocycles. The zero-order valence-corrected chi connectivity index (χ0v) is 10.7. The average molecular weight is 274 g/mol. The zero-order chi connectivity index (χ0) is 14.3. The zero-order valence-electron chi connectivity index (χ0n) is 10.7. The molecule has 19 heavy (non-hydrogen) atoms. The molecule has 106 valence electrons. The van der Waals surface area contributed by atoms with Crippen LogP contribution < -0.4 is 10.6 Å². The molecule has 0 aromatic heterocycles. The third kappa shape index (κ3) is 5.63. The lowest BCUT2D eigenvalue weighted by Gasteiger charge is -2.10. The number of halogens is 3. The van der Waals surface area contributed by atoms with Gasteiger partial charge < -0.3 is 10.6 Å². The number of alkyl halides is 3. The van der Waals surface area contributed by atoms with Crippen LogP contribution in [0.5, 0.6) is 0 Å². The molecule has 3 nitrogen and oxygen atoms in total. The number of anilines is 1. The summed E-state index contributed by atoms with van der Waals surface area (Å²) in [6.45, 7) is 2.56. The van der Waals surface area contributed by atoms with Crippen molar-refractivity contribution in [3.8, 4) is 0 Å². The predicted octanol–water partition coefficient (Wildman–Crippen LogP) is 4.02. The van der Waals surface area contributed by atoms with Crippen molar-refractivity contribution in [2.45, 2.75) is 32.4 Å². The van der Waals surface area contributed by atoms with E-state index >= 15 is 0 Å². The van der Waals surface area contributed by atoms with Gasteiger partial charge in [0.2, 0.25) is 0 Å². The highest BCUT2D eigenvalue weighted by molar-refractivity contribution is 5.89. The van der Waals surface area contributed by atoms with E-state index in [9.17, 15) is 18.0 Å². The van der Waals surface area contributed by atoms with Crippen molar-refractivity contribution >= 4 is 11.7 Å². The molecule has 1 aromatic rings. The Morgan fingerprint density at radius 3 is 2.63 bits per heavy atom. The molecule has 2 N–H and O–H groups in total. The van der Waals surface area contributed by atoms with Gasteiger partial charge >= 0.3 is 12.2 Å². The summed E-state index contributed by atoms with van der Waals surface area (Å²) in [5.41, 5.74) is -0.654. The summed E-state index contributed by atoms with van der Waals surface area (Å²) in [6, 6.07) is 4.06. The summed E-state index contributed by atoms with van der Waals surface area (Å²) in [7, 11) is 0. The summed E-state index contributed by atoms with van der Waals surface area (Å²) in [5.74, 6) is 0. The highest BCUT2D eigenvalue weighted by Crippen LogP contribution is 2.30. The SMILES string of the molecule is CCCCCNC(=O)Nc1cccc(C(F)(F)F)c1. The Hall–Kier alpha value is -1.72. The molecule has 0 bridgehead atoms. The minimum Gasteiger partial charge on any atom is -0.338 e. The summed E-state index contributed by atoms with van der Waals surface area (Å²) >= 11 is 0. The lowest BCUT2D eigenvalue weighted by atomic mass is 10.2. The smallest absolute Gasteiger partial charge is 0.338 e. The number of amides is 2. The van der Waals surface area contributed by atoms with Gasteiger partial charge in [-0.05, 0) is 24.6 Å². The number of benzene rings is 1. The maximum Gasteiger partial charge on any atom is 0.416 e. The fourth-order valence-electron chi connectivity index (χ4n) is 1.53. The number of rotatable bonds is 5. The predicted molar refractivity (Wildman–Crippen MR) is 68.0 cm³/mol. The number of hydrogen-bond donors (Lipinski definition) is 2. The monoisotopic (exact) mass is 274 g/mol. The van der Waals surface area contributed by atoms with Crippen molar-refractivity contribution in [3.63, 3.8) is 0 Å². The standard InChI is InChI=1S/C13H17F3N2O/c1-2-3-4-8-17-12(19)18-11-7-5-6-10(9-11)13(14,15)16/h5-7,9H,2-4,8H2,1H3,(H2,17,18,19). The Kier molecular flexibility index (Phi) is 5.66. The van der Waals surface area contributed by atoms with Gasteiger partial charge in [-0.15, -0.1) is 0 Å². The molecule has 0 atom stereocenters. The van der Waals surface area contributed by atoms with Crippen molar-refractivity contribution < 1.29 is 18.0 Å². The molecule has 0 spiro atoms. The lowest BCUT2D eigenvalue weighted by Crippen LogP contribution is -2.29. The molecule has 1 aromatic carbocycles. The van der Waals surface area contributed by atoms with Crippen LogP contribution in [0.4, 0.5) is 23.7 Å². The van der Waals surface area contributed by atoms with E-state index in [1.54, 1.807) is 0 Å². The summed E-state index contributed by atoms with van der Waals surface area (Å²) in [6.07, 6.45) is -1.51. The van der Waals surface area contributed by atoms with E-state index in [2.05, 4.69) is 10.6 Å². The van der Waals surface area contributed by atoms with Gasteiger partial charge in [0.05, 0.1) is 5.56 Å². The van der Waals surface area contributed by atoms with E-state index in [1.165, 1.54) is 12.1 Å². The molecule has 0 aliphatic rings. The molecule has 0 unspecified atom stereocenters. The number of urea groups is 1. The molecule has 2 amide bonds. The minimum absolute atomic E-state index is 0.128. The average Bonchev–Trinajstić information content (AvgIpc) is 2.34. The van der Waals surface area contributed by atoms with Crippen LogP contribution >= 0.6 is 0 Å². The molecule has 0 saturated heterocycles. The van der Waals surface area contributed by atoms with Crippen LogP contribution in [0, 0.1) is 0 Å². The normalized spacial score (nSPS) is 11.2. The number of unbranched alkanes of at least 4 members (excludes halogenated alkanes) is 2. The number of hydrogen-bond acceptors (Lipinski definition) is 1. The fraction of sp³-hybridized carbons (Fsp3) is 0.462.